The summed E-state index contributed by atoms with van der Waals surface area (Å²) in [6.07, 6.45) is 3.70. The van der Waals surface area contributed by atoms with Crippen molar-refractivity contribution in [2.75, 3.05) is 23.9 Å². The van der Waals surface area contributed by atoms with Crippen LogP contribution in [0.15, 0.2) is 16.3 Å². The number of hydrogen-bond donors (Lipinski definition) is 2. The number of nitrogen functional groups attached to an aromatic ring is 1. The number of halogens is 1. The molecule has 0 saturated heterocycles. The summed E-state index contributed by atoms with van der Waals surface area (Å²) in [5, 5.41) is 4.29. The van der Waals surface area contributed by atoms with Crippen molar-refractivity contribution in [1.82, 2.24) is 15.0 Å². The Labute approximate surface area is 97.5 Å². The molecule has 0 aliphatic rings. The summed E-state index contributed by atoms with van der Waals surface area (Å²) in [5.41, 5.74) is 5.51. The average Bonchev–Trinajstić information content (AvgIpc) is 2.16. The molecule has 0 atom stereocenters. The zero-order valence-corrected chi connectivity index (χ0v) is 10.1. The molecule has 0 amide bonds. The highest BCUT2D eigenvalue weighted by molar-refractivity contribution is 7.98. The molecular formula is C8H12ClN5S. The molecule has 3 N–H and O–H groups in total. The second-order valence-electron chi connectivity index (χ2n) is 2.68. The molecule has 0 aliphatic heterocycles. The van der Waals surface area contributed by atoms with Gasteiger partial charge in [-0.3, -0.25) is 0 Å². The summed E-state index contributed by atoms with van der Waals surface area (Å²) in [7, 11) is 0. The van der Waals surface area contributed by atoms with Crippen molar-refractivity contribution in [2.24, 2.45) is 0 Å². The summed E-state index contributed by atoms with van der Waals surface area (Å²) in [6.45, 7) is 2.37. The molecule has 0 aromatic carbocycles. The standard InChI is InChI=1S/C8H12ClN5S/c1-5(9)3-4-11-7-12-6(10)13-8(14-7)15-2/h3H,4H2,1-2H3,(H3,10,11,12,13,14)/b5-3+. The lowest BCUT2D eigenvalue weighted by atomic mass is 10.5. The van der Waals surface area contributed by atoms with Gasteiger partial charge in [-0.25, -0.2) is 0 Å². The quantitative estimate of drug-likeness (QED) is 0.787. The number of nitrogens with two attached hydrogens (primary N) is 1. The zero-order valence-electron chi connectivity index (χ0n) is 8.49. The van der Waals surface area contributed by atoms with Crippen LogP contribution in [0.5, 0.6) is 0 Å². The SMILES string of the molecule is CSc1nc(N)nc(NC/C=C(\C)Cl)n1. The van der Waals surface area contributed by atoms with E-state index in [9.17, 15) is 0 Å². The van der Waals surface area contributed by atoms with Gasteiger partial charge in [-0.2, -0.15) is 15.0 Å². The largest absolute Gasteiger partial charge is 0.368 e. The predicted molar refractivity (Wildman–Crippen MR) is 64.1 cm³/mol. The van der Waals surface area contributed by atoms with Crippen LogP contribution in [-0.2, 0) is 0 Å². The van der Waals surface area contributed by atoms with E-state index in [1.807, 2.05) is 12.3 Å². The summed E-state index contributed by atoms with van der Waals surface area (Å²) >= 11 is 7.09. The highest BCUT2D eigenvalue weighted by Crippen LogP contribution is 2.11. The fourth-order valence-electron chi connectivity index (χ4n) is 0.825. The van der Waals surface area contributed by atoms with Crippen molar-refractivity contribution < 1.29 is 0 Å². The van der Waals surface area contributed by atoms with Crippen LogP contribution in [0.4, 0.5) is 11.9 Å². The predicted octanol–water partition coefficient (Wildman–Crippen LogP) is 1.73. The first-order valence-electron chi connectivity index (χ1n) is 4.23. The number of allylic oxidation sites excluding steroid dienone is 1. The minimum Gasteiger partial charge on any atom is -0.368 e. The zero-order chi connectivity index (χ0) is 11.3. The second kappa shape index (κ2) is 5.77. The normalized spacial score (nSPS) is 11.5. The van der Waals surface area contributed by atoms with E-state index in [1.165, 1.54) is 11.8 Å². The van der Waals surface area contributed by atoms with E-state index < -0.39 is 0 Å². The first kappa shape index (κ1) is 12.1. The molecule has 15 heavy (non-hydrogen) atoms. The summed E-state index contributed by atoms with van der Waals surface area (Å²) in [5.74, 6) is 0.671. The first-order chi connectivity index (χ1) is 7.11. The van der Waals surface area contributed by atoms with Crippen molar-refractivity contribution in [3.05, 3.63) is 11.1 Å². The topological polar surface area (TPSA) is 76.7 Å². The van der Waals surface area contributed by atoms with Crippen molar-refractivity contribution in [2.45, 2.75) is 12.1 Å². The third-order valence-corrected chi connectivity index (χ3v) is 2.16. The number of hydrogen-bond acceptors (Lipinski definition) is 6. The third-order valence-electron chi connectivity index (χ3n) is 1.46. The molecule has 0 spiro atoms. The Morgan fingerprint density at radius 3 is 2.87 bits per heavy atom. The van der Waals surface area contributed by atoms with Gasteiger partial charge in [-0.05, 0) is 13.2 Å². The lowest BCUT2D eigenvalue weighted by molar-refractivity contribution is 0.917. The van der Waals surface area contributed by atoms with Crippen LogP contribution in [0.1, 0.15) is 6.92 Å². The molecule has 1 aromatic rings. The minimum absolute atomic E-state index is 0.212. The molecule has 1 heterocycles. The minimum atomic E-state index is 0.212. The Morgan fingerprint density at radius 1 is 1.53 bits per heavy atom. The Morgan fingerprint density at radius 2 is 2.27 bits per heavy atom. The maximum absolute atomic E-state index is 5.67. The molecule has 1 aromatic heterocycles. The second-order valence-corrected chi connectivity index (χ2v) is 4.05. The molecule has 0 bridgehead atoms. The average molecular weight is 246 g/mol. The van der Waals surface area contributed by atoms with Crippen molar-refractivity contribution in [3.63, 3.8) is 0 Å². The van der Waals surface area contributed by atoms with Gasteiger partial charge in [0.25, 0.3) is 0 Å². The molecule has 0 saturated carbocycles. The number of aromatic nitrogens is 3. The summed E-state index contributed by atoms with van der Waals surface area (Å²) in [6, 6.07) is 0. The van der Waals surface area contributed by atoms with Gasteiger partial charge in [-0.15, -0.1) is 0 Å². The van der Waals surface area contributed by atoms with Gasteiger partial charge in [0.05, 0.1) is 0 Å². The highest BCUT2D eigenvalue weighted by atomic mass is 35.5. The van der Waals surface area contributed by atoms with E-state index in [-0.39, 0.29) is 5.95 Å². The van der Waals surface area contributed by atoms with Gasteiger partial charge in [0, 0.05) is 11.6 Å². The summed E-state index contributed by atoms with van der Waals surface area (Å²) < 4.78 is 0. The van der Waals surface area contributed by atoms with Gasteiger partial charge in [0.1, 0.15) is 0 Å². The van der Waals surface area contributed by atoms with Crippen LogP contribution in [0.25, 0.3) is 0 Å². The van der Waals surface area contributed by atoms with Gasteiger partial charge < -0.3 is 11.1 Å². The monoisotopic (exact) mass is 245 g/mol. The number of anilines is 2. The first-order valence-corrected chi connectivity index (χ1v) is 5.83. The smallest absolute Gasteiger partial charge is 0.228 e. The Hall–Kier alpha value is -1.01. The molecule has 0 radical (unpaired) electrons. The van der Waals surface area contributed by atoms with Crippen LogP contribution in [-0.4, -0.2) is 27.8 Å². The van der Waals surface area contributed by atoms with Crippen LogP contribution < -0.4 is 11.1 Å². The van der Waals surface area contributed by atoms with E-state index in [0.717, 1.165) is 5.03 Å². The Kier molecular flexibility index (Phi) is 4.64. The maximum atomic E-state index is 5.67. The third kappa shape index (κ3) is 4.35. The lowest BCUT2D eigenvalue weighted by Crippen LogP contribution is -2.07. The van der Waals surface area contributed by atoms with Crippen molar-refractivity contribution >= 4 is 35.3 Å². The van der Waals surface area contributed by atoms with Crippen LogP contribution in [0, 0.1) is 0 Å². The van der Waals surface area contributed by atoms with Gasteiger partial charge in [0.2, 0.25) is 11.9 Å². The van der Waals surface area contributed by atoms with Crippen LogP contribution >= 0.6 is 23.4 Å². The van der Waals surface area contributed by atoms with E-state index >= 15 is 0 Å². The summed E-state index contributed by atoms with van der Waals surface area (Å²) in [4.78, 5) is 12.0. The number of nitrogens with one attached hydrogen (secondary N) is 1. The van der Waals surface area contributed by atoms with E-state index in [0.29, 0.717) is 17.6 Å². The molecule has 0 aliphatic carbocycles. The van der Waals surface area contributed by atoms with Gasteiger partial charge in [0.15, 0.2) is 5.16 Å². The molecule has 1 rings (SSSR count). The van der Waals surface area contributed by atoms with E-state index in [1.54, 1.807) is 6.92 Å². The van der Waals surface area contributed by atoms with Crippen molar-refractivity contribution in [3.8, 4) is 0 Å². The van der Waals surface area contributed by atoms with Gasteiger partial charge in [-0.1, -0.05) is 29.4 Å². The van der Waals surface area contributed by atoms with E-state index in [2.05, 4.69) is 20.3 Å². The van der Waals surface area contributed by atoms with Crippen LogP contribution in [0.3, 0.4) is 0 Å². The number of nitrogens with zero attached hydrogens (tertiary/aromatic N) is 3. The van der Waals surface area contributed by atoms with Crippen molar-refractivity contribution in [1.29, 1.82) is 0 Å². The highest BCUT2D eigenvalue weighted by Gasteiger charge is 2.01. The molecule has 82 valence electrons. The number of thioether (sulfide) groups is 1. The molecule has 0 unspecified atom stereocenters. The number of rotatable bonds is 4. The molecular weight excluding hydrogens is 234 g/mol. The fraction of sp³-hybridized carbons (Fsp3) is 0.375. The van der Waals surface area contributed by atoms with Gasteiger partial charge >= 0.3 is 0 Å². The molecule has 0 fully saturated rings. The fourth-order valence-corrected chi connectivity index (χ4v) is 1.27. The lowest BCUT2D eigenvalue weighted by Gasteiger charge is -2.03. The maximum Gasteiger partial charge on any atom is 0.228 e. The molecule has 7 heteroatoms. The Balaban J connectivity index is 2.68. The van der Waals surface area contributed by atoms with E-state index in [4.69, 9.17) is 17.3 Å². The van der Waals surface area contributed by atoms with Crippen LogP contribution in [0.2, 0.25) is 0 Å². The molecule has 5 nitrogen and oxygen atoms in total. The Bertz CT molecular complexity index is 364.